The van der Waals surface area contributed by atoms with Gasteiger partial charge in [0.15, 0.2) is 0 Å². The molecule has 0 bridgehead atoms. The Hall–Kier alpha value is -0.450. The van der Waals surface area contributed by atoms with E-state index in [0.717, 1.165) is 42.4 Å². The van der Waals surface area contributed by atoms with E-state index in [4.69, 9.17) is 4.74 Å². The van der Waals surface area contributed by atoms with Crippen LogP contribution < -0.4 is 5.32 Å². The maximum atomic E-state index is 5.32. The monoisotopic (exact) mass is 328 g/mol. The zero-order valence-corrected chi connectivity index (χ0v) is 13.7. The summed E-state index contributed by atoms with van der Waals surface area (Å²) in [6.07, 6.45) is 6.52. The molecule has 0 aliphatic rings. The quantitative estimate of drug-likeness (QED) is 0.752. The topological polar surface area (TPSA) is 34.1 Å². The third kappa shape index (κ3) is 7.04. The molecule has 108 valence electrons. The second-order valence-corrected chi connectivity index (χ2v) is 5.86. The van der Waals surface area contributed by atoms with Crippen LogP contribution in [-0.4, -0.2) is 30.8 Å². The molecule has 2 atom stereocenters. The number of aromatic nitrogens is 1. The lowest BCUT2D eigenvalue weighted by molar-refractivity contribution is 0.106. The van der Waals surface area contributed by atoms with Crippen molar-refractivity contribution in [2.45, 2.75) is 51.7 Å². The Balaban J connectivity index is 2.50. The number of hydrogen-bond donors (Lipinski definition) is 1. The van der Waals surface area contributed by atoms with Crippen molar-refractivity contribution in [1.29, 1.82) is 0 Å². The Morgan fingerprint density at radius 3 is 2.74 bits per heavy atom. The molecule has 0 aliphatic carbocycles. The third-order valence-corrected chi connectivity index (χ3v) is 3.72. The molecule has 0 aromatic carbocycles. The number of halogens is 1. The van der Waals surface area contributed by atoms with Gasteiger partial charge in [0.1, 0.15) is 0 Å². The number of nitrogens with zero attached hydrogens (tertiary/aromatic N) is 1. The highest BCUT2D eigenvalue weighted by molar-refractivity contribution is 9.10. The van der Waals surface area contributed by atoms with E-state index in [0.29, 0.717) is 12.1 Å². The summed E-state index contributed by atoms with van der Waals surface area (Å²) in [6.45, 7) is 5.37. The highest BCUT2D eigenvalue weighted by Gasteiger charge is 2.11. The molecule has 0 aliphatic heterocycles. The van der Waals surface area contributed by atoms with Crippen LogP contribution in [-0.2, 0) is 11.2 Å². The maximum Gasteiger partial charge on any atom is 0.0543 e. The van der Waals surface area contributed by atoms with Crippen molar-refractivity contribution in [2.24, 2.45) is 0 Å². The number of ether oxygens (including phenoxy) is 1. The molecule has 3 nitrogen and oxygen atoms in total. The number of nitrogens with one attached hydrogen (secondary N) is 1. The van der Waals surface area contributed by atoms with Gasteiger partial charge in [-0.1, -0.05) is 6.92 Å². The number of pyridine rings is 1. The standard InChI is InChI=1S/C15H25BrN2O/c1-4-9-17-14(7-5-12(2)19-3)10-15-8-6-13(16)11-18-15/h6,8,11-12,14,17H,4-5,7,9-10H2,1-3H3. The largest absolute Gasteiger partial charge is 0.382 e. The van der Waals surface area contributed by atoms with Crippen molar-refractivity contribution in [3.8, 4) is 0 Å². The van der Waals surface area contributed by atoms with Crippen LogP contribution in [0.15, 0.2) is 22.8 Å². The Labute approximate surface area is 125 Å². The number of methoxy groups -OCH3 is 1. The lowest BCUT2D eigenvalue weighted by Crippen LogP contribution is -2.33. The van der Waals surface area contributed by atoms with Crippen LogP contribution >= 0.6 is 15.9 Å². The molecular formula is C15H25BrN2O. The summed E-state index contributed by atoms with van der Waals surface area (Å²) in [4.78, 5) is 4.46. The lowest BCUT2D eigenvalue weighted by Gasteiger charge is -2.20. The SMILES string of the molecule is CCCNC(CCC(C)OC)Cc1ccc(Br)cn1. The van der Waals surface area contributed by atoms with E-state index in [1.807, 2.05) is 6.20 Å². The normalized spacial score (nSPS) is 14.3. The molecule has 19 heavy (non-hydrogen) atoms. The number of hydrogen-bond acceptors (Lipinski definition) is 3. The fourth-order valence-electron chi connectivity index (χ4n) is 1.96. The predicted octanol–water partition coefficient (Wildman–Crippen LogP) is 3.57. The van der Waals surface area contributed by atoms with E-state index in [2.05, 4.69) is 52.2 Å². The van der Waals surface area contributed by atoms with E-state index in [1.54, 1.807) is 7.11 Å². The molecule has 0 saturated carbocycles. The summed E-state index contributed by atoms with van der Waals surface area (Å²) < 4.78 is 6.35. The first-order valence-electron chi connectivity index (χ1n) is 7.02. The van der Waals surface area contributed by atoms with Gasteiger partial charge in [-0.25, -0.2) is 0 Å². The zero-order valence-electron chi connectivity index (χ0n) is 12.2. The average molecular weight is 329 g/mol. The molecule has 1 N–H and O–H groups in total. The fraction of sp³-hybridized carbons (Fsp3) is 0.667. The minimum atomic E-state index is 0.323. The predicted molar refractivity (Wildman–Crippen MR) is 83.4 cm³/mol. The average Bonchev–Trinajstić information content (AvgIpc) is 2.43. The smallest absolute Gasteiger partial charge is 0.0543 e. The molecule has 1 heterocycles. The summed E-state index contributed by atoms with van der Waals surface area (Å²) >= 11 is 3.42. The van der Waals surface area contributed by atoms with Gasteiger partial charge < -0.3 is 10.1 Å². The Morgan fingerprint density at radius 2 is 2.16 bits per heavy atom. The van der Waals surface area contributed by atoms with Gasteiger partial charge in [0.05, 0.1) is 6.10 Å². The van der Waals surface area contributed by atoms with Gasteiger partial charge in [-0.15, -0.1) is 0 Å². The van der Waals surface area contributed by atoms with Gasteiger partial charge in [-0.05, 0) is 60.8 Å². The van der Waals surface area contributed by atoms with Gasteiger partial charge in [0.25, 0.3) is 0 Å². The molecule has 0 saturated heterocycles. The van der Waals surface area contributed by atoms with Crippen molar-refractivity contribution in [3.63, 3.8) is 0 Å². The van der Waals surface area contributed by atoms with Crippen LogP contribution in [0.5, 0.6) is 0 Å². The first-order chi connectivity index (χ1) is 9.15. The van der Waals surface area contributed by atoms with Gasteiger partial charge in [0, 0.05) is 35.9 Å². The summed E-state index contributed by atoms with van der Waals surface area (Å²) in [5.41, 5.74) is 1.14. The van der Waals surface area contributed by atoms with Crippen LogP contribution in [0.4, 0.5) is 0 Å². The first-order valence-corrected chi connectivity index (χ1v) is 7.81. The lowest BCUT2D eigenvalue weighted by atomic mass is 10.0. The molecular weight excluding hydrogens is 304 g/mol. The Morgan fingerprint density at radius 1 is 1.37 bits per heavy atom. The molecule has 1 aromatic rings. The van der Waals surface area contributed by atoms with Crippen molar-refractivity contribution >= 4 is 15.9 Å². The Kier molecular flexibility index (Phi) is 8.26. The van der Waals surface area contributed by atoms with Crippen LogP contribution in [0.2, 0.25) is 0 Å². The van der Waals surface area contributed by atoms with Crippen molar-refractivity contribution in [1.82, 2.24) is 10.3 Å². The number of rotatable bonds is 9. The summed E-state index contributed by atoms with van der Waals surface area (Å²) in [5, 5.41) is 3.60. The molecule has 0 radical (unpaired) electrons. The van der Waals surface area contributed by atoms with Crippen LogP contribution in [0.25, 0.3) is 0 Å². The molecule has 0 spiro atoms. The molecule has 0 amide bonds. The van der Waals surface area contributed by atoms with Crippen molar-refractivity contribution in [2.75, 3.05) is 13.7 Å². The minimum absolute atomic E-state index is 0.323. The fourth-order valence-corrected chi connectivity index (χ4v) is 2.19. The highest BCUT2D eigenvalue weighted by atomic mass is 79.9. The second-order valence-electron chi connectivity index (χ2n) is 4.95. The zero-order chi connectivity index (χ0) is 14.1. The van der Waals surface area contributed by atoms with Crippen LogP contribution in [0.1, 0.15) is 38.8 Å². The van der Waals surface area contributed by atoms with Crippen LogP contribution in [0, 0.1) is 0 Å². The van der Waals surface area contributed by atoms with E-state index in [1.165, 1.54) is 0 Å². The van der Waals surface area contributed by atoms with E-state index in [-0.39, 0.29) is 0 Å². The van der Waals surface area contributed by atoms with Crippen LogP contribution in [0.3, 0.4) is 0 Å². The molecule has 0 fully saturated rings. The molecule has 1 rings (SSSR count). The van der Waals surface area contributed by atoms with E-state index >= 15 is 0 Å². The van der Waals surface area contributed by atoms with Gasteiger partial charge in [-0.3, -0.25) is 4.98 Å². The van der Waals surface area contributed by atoms with Gasteiger partial charge in [-0.2, -0.15) is 0 Å². The third-order valence-electron chi connectivity index (χ3n) is 3.25. The van der Waals surface area contributed by atoms with Gasteiger partial charge in [0.2, 0.25) is 0 Å². The van der Waals surface area contributed by atoms with E-state index in [9.17, 15) is 0 Å². The maximum absolute atomic E-state index is 5.32. The minimum Gasteiger partial charge on any atom is -0.382 e. The molecule has 2 unspecified atom stereocenters. The second kappa shape index (κ2) is 9.45. The highest BCUT2D eigenvalue weighted by Crippen LogP contribution is 2.12. The van der Waals surface area contributed by atoms with Gasteiger partial charge >= 0.3 is 0 Å². The Bertz CT molecular complexity index is 343. The summed E-state index contributed by atoms with van der Waals surface area (Å²) in [7, 11) is 1.77. The van der Waals surface area contributed by atoms with Crippen molar-refractivity contribution in [3.05, 3.63) is 28.5 Å². The summed E-state index contributed by atoms with van der Waals surface area (Å²) in [5.74, 6) is 0. The van der Waals surface area contributed by atoms with E-state index < -0.39 is 0 Å². The van der Waals surface area contributed by atoms with Crippen molar-refractivity contribution < 1.29 is 4.74 Å². The summed E-state index contributed by atoms with van der Waals surface area (Å²) in [6, 6.07) is 4.62. The first kappa shape index (κ1) is 16.6. The molecule has 1 aromatic heterocycles. The molecule has 4 heteroatoms.